The lowest BCUT2D eigenvalue weighted by Crippen LogP contribution is -2.31. The lowest BCUT2D eigenvalue weighted by molar-refractivity contribution is 0.222. The summed E-state index contributed by atoms with van der Waals surface area (Å²) in [4.78, 5) is 13.2. The lowest BCUT2D eigenvalue weighted by Gasteiger charge is -2.34. The molecule has 0 saturated carbocycles. The van der Waals surface area contributed by atoms with Gasteiger partial charge in [-0.25, -0.2) is 0 Å². The zero-order valence-corrected chi connectivity index (χ0v) is 18.4. The van der Waals surface area contributed by atoms with Gasteiger partial charge in [0.25, 0.3) is 5.89 Å². The first-order chi connectivity index (χ1) is 15.5. The second-order valence-electron chi connectivity index (χ2n) is 8.09. The Hall–Kier alpha value is -3.58. The number of benzene rings is 1. The van der Waals surface area contributed by atoms with E-state index >= 15 is 0 Å². The van der Waals surface area contributed by atoms with Crippen molar-refractivity contribution < 1.29 is 14.4 Å². The largest absolute Gasteiger partial charge is 0.486 e. The van der Waals surface area contributed by atoms with E-state index in [-0.39, 0.29) is 17.9 Å². The number of nitrogens with zero attached hydrogens (tertiary/aromatic N) is 4. The molecule has 3 aromatic heterocycles. The van der Waals surface area contributed by atoms with Crippen molar-refractivity contribution in [3.05, 3.63) is 89.8 Å². The number of ether oxygens (including phenoxy) is 1. The lowest BCUT2D eigenvalue weighted by atomic mass is 9.70. The molecule has 1 unspecified atom stereocenters. The average molecular weight is 431 g/mol. The molecule has 1 aromatic carbocycles. The molecule has 32 heavy (non-hydrogen) atoms. The van der Waals surface area contributed by atoms with Crippen LogP contribution in [0.1, 0.15) is 43.6 Å². The molecule has 1 atom stereocenters. The summed E-state index contributed by atoms with van der Waals surface area (Å²) < 4.78 is 10.8. The number of aliphatic hydroxyl groups excluding tert-OH is 1. The summed E-state index contributed by atoms with van der Waals surface area (Å²) in [5.74, 6) is 1.66. The number of hydrogen-bond donors (Lipinski definition) is 1. The third kappa shape index (κ3) is 4.38. The van der Waals surface area contributed by atoms with Crippen LogP contribution in [-0.4, -0.2) is 25.2 Å². The van der Waals surface area contributed by atoms with Gasteiger partial charge in [0.2, 0.25) is 5.82 Å². The molecule has 164 valence electrons. The molecular weight excluding hydrogens is 404 g/mol. The summed E-state index contributed by atoms with van der Waals surface area (Å²) in [6, 6.07) is 17.8. The molecule has 0 radical (unpaired) electrons. The minimum atomic E-state index is -0.300. The van der Waals surface area contributed by atoms with E-state index in [0.29, 0.717) is 24.1 Å². The minimum Gasteiger partial charge on any atom is -0.486 e. The Balaban J connectivity index is 1.55. The highest BCUT2D eigenvalue weighted by molar-refractivity contribution is 5.56. The second-order valence-corrected chi connectivity index (χ2v) is 8.09. The SMILES string of the molecule is CC(C)C(C)(c1ccc(-c2noc(CO)n2)cc1)c1ccc(OCc2ccccn2)cn1. The van der Waals surface area contributed by atoms with Crippen LogP contribution in [0.25, 0.3) is 11.4 Å². The maximum absolute atomic E-state index is 9.13. The number of pyridine rings is 2. The van der Waals surface area contributed by atoms with E-state index in [1.54, 1.807) is 12.4 Å². The molecule has 0 saturated heterocycles. The zero-order chi connectivity index (χ0) is 22.6. The maximum Gasteiger partial charge on any atom is 0.252 e. The third-order valence-electron chi connectivity index (χ3n) is 5.88. The summed E-state index contributed by atoms with van der Waals surface area (Å²) in [6.07, 6.45) is 3.52. The van der Waals surface area contributed by atoms with Crippen LogP contribution in [-0.2, 0) is 18.6 Å². The Labute approximate surface area is 187 Å². The van der Waals surface area contributed by atoms with Crippen LogP contribution in [0.3, 0.4) is 0 Å². The van der Waals surface area contributed by atoms with Crippen LogP contribution in [0.4, 0.5) is 0 Å². The van der Waals surface area contributed by atoms with E-state index in [4.69, 9.17) is 19.4 Å². The van der Waals surface area contributed by atoms with Crippen molar-refractivity contribution in [3.8, 4) is 17.1 Å². The normalized spacial score (nSPS) is 13.2. The summed E-state index contributed by atoms with van der Waals surface area (Å²) in [6.45, 7) is 6.70. The van der Waals surface area contributed by atoms with Crippen molar-refractivity contribution in [2.24, 2.45) is 5.92 Å². The summed E-state index contributed by atoms with van der Waals surface area (Å²) in [7, 11) is 0. The van der Waals surface area contributed by atoms with Gasteiger partial charge in [0, 0.05) is 17.2 Å². The summed E-state index contributed by atoms with van der Waals surface area (Å²) in [5, 5.41) is 13.0. The molecule has 0 bridgehead atoms. The number of aromatic nitrogens is 4. The van der Waals surface area contributed by atoms with Crippen LogP contribution in [0.5, 0.6) is 5.75 Å². The van der Waals surface area contributed by atoms with E-state index in [9.17, 15) is 0 Å². The van der Waals surface area contributed by atoms with Crippen LogP contribution < -0.4 is 4.74 Å². The van der Waals surface area contributed by atoms with Gasteiger partial charge in [-0.3, -0.25) is 9.97 Å². The molecule has 7 heteroatoms. The Kier molecular flexibility index (Phi) is 6.28. The van der Waals surface area contributed by atoms with Gasteiger partial charge in [-0.05, 0) is 42.7 Å². The first-order valence-electron chi connectivity index (χ1n) is 10.5. The first-order valence-corrected chi connectivity index (χ1v) is 10.5. The van der Waals surface area contributed by atoms with Crippen LogP contribution in [0.2, 0.25) is 0 Å². The van der Waals surface area contributed by atoms with E-state index in [1.165, 1.54) is 0 Å². The van der Waals surface area contributed by atoms with E-state index < -0.39 is 0 Å². The number of aliphatic hydroxyl groups is 1. The minimum absolute atomic E-state index is 0.200. The van der Waals surface area contributed by atoms with E-state index in [1.807, 2.05) is 42.5 Å². The molecule has 3 heterocycles. The van der Waals surface area contributed by atoms with Crippen molar-refractivity contribution in [1.29, 1.82) is 0 Å². The molecular formula is C25H26N4O3. The number of rotatable bonds is 8. The molecule has 0 aliphatic carbocycles. The van der Waals surface area contributed by atoms with Crippen LogP contribution in [0.15, 0.2) is 71.5 Å². The highest BCUT2D eigenvalue weighted by Gasteiger charge is 2.34. The molecule has 0 amide bonds. The van der Waals surface area contributed by atoms with Crippen molar-refractivity contribution in [2.75, 3.05) is 0 Å². The molecule has 0 aliphatic heterocycles. The Morgan fingerprint density at radius 1 is 1.03 bits per heavy atom. The van der Waals surface area contributed by atoms with Crippen molar-refractivity contribution in [2.45, 2.75) is 39.4 Å². The molecule has 1 N–H and O–H groups in total. The van der Waals surface area contributed by atoms with Crippen LogP contribution >= 0.6 is 0 Å². The maximum atomic E-state index is 9.13. The Bertz CT molecular complexity index is 1140. The van der Waals surface area contributed by atoms with Gasteiger partial charge in [-0.2, -0.15) is 4.98 Å². The van der Waals surface area contributed by atoms with Gasteiger partial charge in [-0.1, -0.05) is 49.3 Å². The smallest absolute Gasteiger partial charge is 0.252 e. The second kappa shape index (κ2) is 9.28. The molecule has 7 nitrogen and oxygen atoms in total. The molecule has 0 spiro atoms. The predicted molar refractivity (Wildman–Crippen MR) is 120 cm³/mol. The first kappa shape index (κ1) is 21.6. The third-order valence-corrected chi connectivity index (χ3v) is 5.88. The number of hydrogen-bond acceptors (Lipinski definition) is 7. The van der Waals surface area contributed by atoms with Gasteiger partial charge in [0.15, 0.2) is 0 Å². The van der Waals surface area contributed by atoms with Crippen molar-refractivity contribution >= 4 is 0 Å². The predicted octanol–water partition coefficient (Wildman–Crippen LogP) is 4.56. The van der Waals surface area contributed by atoms with Gasteiger partial charge < -0.3 is 14.4 Å². The highest BCUT2D eigenvalue weighted by Crippen LogP contribution is 2.38. The molecule has 0 aliphatic rings. The summed E-state index contributed by atoms with van der Waals surface area (Å²) in [5.41, 5.74) is 3.50. The Morgan fingerprint density at radius 2 is 1.84 bits per heavy atom. The fourth-order valence-electron chi connectivity index (χ4n) is 3.59. The molecule has 4 aromatic rings. The summed E-state index contributed by atoms with van der Waals surface area (Å²) >= 11 is 0. The topological polar surface area (TPSA) is 94.2 Å². The van der Waals surface area contributed by atoms with Crippen LogP contribution in [0, 0.1) is 5.92 Å². The fraction of sp³-hybridized carbons (Fsp3) is 0.280. The van der Waals surface area contributed by atoms with Gasteiger partial charge in [-0.15, -0.1) is 0 Å². The van der Waals surface area contributed by atoms with Gasteiger partial charge >= 0.3 is 0 Å². The zero-order valence-electron chi connectivity index (χ0n) is 18.4. The Morgan fingerprint density at radius 3 is 2.44 bits per heavy atom. The monoisotopic (exact) mass is 430 g/mol. The highest BCUT2D eigenvalue weighted by atomic mass is 16.5. The van der Waals surface area contributed by atoms with E-state index in [2.05, 4.69) is 48.0 Å². The molecule has 0 fully saturated rings. The van der Waals surface area contributed by atoms with Gasteiger partial charge in [0.1, 0.15) is 19.0 Å². The standard InChI is InChI=1S/C25H26N4O3/c1-17(2)25(3,19-9-7-18(8-10-19)24-28-23(15-30)32-29-24)22-12-11-21(14-27-22)31-16-20-6-4-5-13-26-20/h4-14,17,30H,15-16H2,1-3H3. The van der Waals surface area contributed by atoms with Gasteiger partial charge in [0.05, 0.1) is 17.6 Å². The van der Waals surface area contributed by atoms with Crippen molar-refractivity contribution in [3.63, 3.8) is 0 Å². The van der Waals surface area contributed by atoms with Crippen molar-refractivity contribution in [1.82, 2.24) is 20.1 Å². The average Bonchev–Trinajstić information content (AvgIpc) is 3.33. The quantitative estimate of drug-likeness (QED) is 0.438. The molecule has 4 rings (SSSR count). The fourth-order valence-corrected chi connectivity index (χ4v) is 3.59. The van der Waals surface area contributed by atoms with E-state index in [0.717, 1.165) is 22.5 Å².